The van der Waals surface area contributed by atoms with E-state index >= 15 is 0 Å². The Bertz CT molecular complexity index is 379. The fraction of sp³-hybridized carbons (Fsp3) is 0.385. The fourth-order valence-corrected chi connectivity index (χ4v) is 1.33. The van der Waals surface area contributed by atoms with Crippen LogP contribution in [0.25, 0.3) is 0 Å². The number of hydrogen-bond donors (Lipinski definition) is 1. The fourth-order valence-electron chi connectivity index (χ4n) is 1.33. The summed E-state index contributed by atoms with van der Waals surface area (Å²) in [6, 6.07) is 7.43. The van der Waals surface area contributed by atoms with Gasteiger partial charge in [-0.05, 0) is 32.4 Å². The monoisotopic (exact) mass is 218 g/mol. The van der Waals surface area contributed by atoms with Crippen LogP contribution in [0.4, 0.5) is 0 Å². The van der Waals surface area contributed by atoms with Gasteiger partial charge in [-0.3, -0.25) is 4.79 Å². The van der Waals surface area contributed by atoms with Crippen molar-refractivity contribution >= 4 is 11.6 Å². The summed E-state index contributed by atoms with van der Waals surface area (Å²) in [7, 11) is 0. The van der Waals surface area contributed by atoms with Gasteiger partial charge in [0.05, 0.1) is 0 Å². The van der Waals surface area contributed by atoms with Gasteiger partial charge in [0.15, 0.2) is 0 Å². The second-order valence-corrected chi connectivity index (χ2v) is 3.90. The number of rotatable bonds is 4. The molecule has 0 saturated carbocycles. The standard InChI is InChI=1S/C13H18N2O/c1-4-5-11(3)14-15-13(16)12-8-6-10(2)7-9-12/h6-9H,4-5H2,1-3H3,(H,15,16)/b14-11+. The van der Waals surface area contributed by atoms with Gasteiger partial charge in [0.1, 0.15) is 0 Å². The number of nitrogens with one attached hydrogen (secondary N) is 1. The molecule has 1 N–H and O–H groups in total. The molecule has 0 aromatic heterocycles. The number of nitrogens with zero attached hydrogens (tertiary/aromatic N) is 1. The molecule has 0 aliphatic rings. The van der Waals surface area contributed by atoms with Crippen molar-refractivity contribution in [3.8, 4) is 0 Å². The molecular formula is C13H18N2O. The first-order valence-electron chi connectivity index (χ1n) is 5.53. The van der Waals surface area contributed by atoms with Gasteiger partial charge < -0.3 is 0 Å². The van der Waals surface area contributed by atoms with E-state index in [2.05, 4.69) is 17.5 Å². The second kappa shape index (κ2) is 6.05. The van der Waals surface area contributed by atoms with Crippen molar-refractivity contribution in [2.45, 2.75) is 33.6 Å². The number of aryl methyl sites for hydroxylation is 1. The molecular weight excluding hydrogens is 200 g/mol. The summed E-state index contributed by atoms with van der Waals surface area (Å²) < 4.78 is 0. The van der Waals surface area contributed by atoms with Crippen LogP contribution in [-0.2, 0) is 0 Å². The molecule has 1 amide bonds. The van der Waals surface area contributed by atoms with E-state index in [9.17, 15) is 4.79 Å². The number of carbonyl (C=O) groups is 1. The van der Waals surface area contributed by atoms with Gasteiger partial charge in [0.25, 0.3) is 5.91 Å². The lowest BCUT2D eigenvalue weighted by Gasteiger charge is -2.02. The van der Waals surface area contributed by atoms with Crippen LogP contribution in [0.1, 0.15) is 42.6 Å². The maximum atomic E-state index is 11.6. The average Bonchev–Trinajstić information content (AvgIpc) is 2.27. The third kappa shape index (κ3) is 3.85. The van der Waals surface area contributed by atoms with Crippen molar-refractivity contribution in [1.29, 1.82) is 0 Å². The Morgan fingerprint density at radius 1 is 1.31 bits per heavy atom. The zero-order chi connectivity index (χ0) is 12.0. The number of hydrogen-bond acceptors (Lipinski definition) is 2. The molecule has 0 saturated heterocycles. The highest BCUT2D eigenvalue weighted by Gasteiger charge is 2.03. The predicted octanol–water partition coefficient (Wildman–Crippen LogP) is 2.90. The van der Waals surface area contributed by atoms with Crippen LogP contribution >= 0.6 is 0 Å². The van der Waals surface area contributed by atoms with Gasteiger partial charge in [-0.15, -0.1) is 0 Å². The number of hydrazone groups is 1. The lowest BCUT2D eigenvalue weighted by Crippen LogP contribution is -2.18. The van der Waals surface area contributed by atoms with E-state index in [-0.39, 0.29) is 5.91 Å². The summed E-state index contributed by atoms with van der Waals surface area (Å²) in [5.41, 5.74) is 5.28. The molecule has 1 rings (SSSR count). The molecule has 0 atom stereocenters. The number of benzene rings is 1. The quantitative estimate of drug-likeness (QED) is 0.612. The minimum Gasteiger partial charge on any atom is -0.267 e. The SMILES string of the molecule is CCC/C(C)=N/NC(=O)c1ccc(C)cc1. The Kier molecular flexibility index (Phi) is 4.70. The average molecular weight is 218 g/mol. The maximum Gasteiger partial charge on any atom is 0.271 e. The van der Waals surface area contributed by atoms with E-state index in [1.807, 2.05) is 26.0 Å². The zero-order valence-electron chi connectivity index (χ0n) is 10.1. The zero-order valence-corrected chi connectivity index (χ0v) is 10.1. The first kappa shape index (κ1) is 12.4. The van der Waals surface area contributed by atoms with Gasteiger partial charge in [-0.25, -0.2) is 5.43 Å². The van der Waals surface area contributed by atoms with Gasteiger partial charge in [0.2, 0.25) is 0 Å². The third-order valence-corrected chi connectivity index (χ3v) is 2.27. The van der Waals surface area contributed by atoms with Crippen molar-refractivity contribution in [2.75, 3.05) is 0 Å². The van der Waals surface area contributed by atoms with Gasteiger partial charge in [-0.1, -0.05) is 31.0 Å². The van der Waals surface area contributed by atoms with Crippen molar-refractivity contribution in [2.24, 2.45) is 5.10 Å². The van der Waals surface area contributed by atoms with E-state index in [4.69, 9.17) is 0 Å². The molecule has 1 aromatic rings. The second-order valence-electron chi connectivity index (χ2n) is 3.90. The first-order chi connectivity index (χ1) is 7.63. The molecule has 0 fully saturated rings. The Morgan fingerprint density at radius 2 is 1.94 bits per heavy atom. The molecule has 0 bridgehead atoms. The molecule has 0 unspecified atom stereocenters. The molecule has 0 heterocycles. The number of carbonyl (C=O) groups excluding carboxylic acids is 1. The van der Waals surface area contributed by atoms with Crippen molar-refractivity contribution in [3.63, 3.8) is 0 Å². The lowest BCUT2D eigenvalue weighted by molar-refractivity contribution is 0.0954. The summed E-state index contributed by atoms with van der Waals surface area (Å²) in [5, 5.41) is 4.03. The van der Waals surface area contributed by atoms with Crippen LogP contribution in [-0.4, -0.2) is 11.6 Å². The Labute approximate surface area is 96.6 Å². The highest BCUT2D eigenvalue weighted by atomic mass is 16.2. The topological polar surface area (TPSA) is 41.5 Å². The molecule has 3 nitrogen and oxygen atoms in total. The minimum absolute atomic E-state index is 0.157. The number of amides is 1. The molecule has 0 radical (unpaired) electrons. The molecule has 0 aliphatic carbocycles. The summed E-state index contributed by atoms with van der Waals surface area (Å²) >= 11 is 0. The van der Waals surface area contributed by atoms with Gasteiger partial charge in [-0.2, -0.15) is 5.10 Å². The predicted molar refractivity (Wildman–Crippen MR) is 66.7 cm³/mol. The van der Waals surface area contributed by atoms with Crippen LogP contribution in [0.5, 0.6) is 0 Å². The Morgan fingerprint density at radius 3 is 2.50 bits per heavy atom. The molecule has 1 aromatic carbocycles. The molecule has 0 aliphatic heterocycles. The summed E-state index contributed by atoms with van der Waals surface area (Å²) in [6.07, 6.45) is 1.95. The van der Waals surface area contributed by atoms with Crippen LogP contribution < -0.4 is 5.43 Å². The maximum absolute atomic E-state index is 11.6. The minimum atomic E-state index is -0.157. The van der Waals surface area contributed by atoms with E-state index in [1.165, 1.54) is 0 Å². The molecule has 86 valence electrons. The molecule has 16 heavy (non-hydrogen) atoms. The summed E-state index contributed by atoms with van der Waals surface area (Å²) in [5.74, 6) is -0.157. The highest BCUT2D eigenvalue weighted by molar-refractivity contribution is 5.95. The van der Waals surface area contributed by atoms with Crippen molar-refractivity contribution < 1.29 is 4.79 Å². The Balaban J connectivity index is 2.59. The van der Waals surface area contributed by atoms with Crippen LogP contribution in [0.15, 0.2) is 29.4 Å². The van der Waals surface area contributed by atoms with E-state index in [1.54, 1.807) is 12.1 Å². The normalized spacial score (nSPS) is 11.3. The van der Waals surface area contributed by atoms with Crippen LogP contribution in [0.2, 0.25) is 0 Å². The molecule has 3 heteroatoms. The highest BCUT2D eigenvalue weighted by Crippen LogP contribution is 2.02. The van der Waals surface area contributed by atoms with Gasteiger partial charge in [0, 0.05) is 11.3 Å². The van der Waals surface area contributed by atoms with Crippen molar-refractivity contribution in [1.82, 2.24) is 5.43 Å². The van der Waals surface area contributed by atoms with E-state index in [0.29, 0.717) is 5.56 Å². The summed E-state index contributed by atoms with van der Waals surface area (Å²) in [4.78, 5) is 11.6. The van der Waals surface area contributed by atoms with E-state index < -0.39 is 0 Å². The van der Waals surface area contributed by atoms with Crippen molar-refractivity contribution in [3.05, 3.63) is 35.4 Å². The summed E-state index contributed by atoms with van der Waals surface area (Å²) in [6.45, 7) is 5.99. The lowest BCUT2D eigenvalue weighted by atomic mass is 10.1. The smallest absolute Gasteiger partial charge is 0.267 e. The van der Waals surface area contributed by atoms with Crippen LogP contribution in [0, 0.1) is 6.92 Å². The molecule has 0 spiro atoms. The first-order valence-corrected chi connectivity index (χ1v) is 5.53. The van der Waals surface area contributed by atoms with Crippen LogP contribution in [0.3, 0.4) is 0 Å². The Hall–Kier alpha value is -1.64. The van der Waals surface area contributed by atoms with Gasteiger partial charge >= 0.3 is 0 Å². The third-order valence-electron chi connectivity index (χ3n) is 2.27. The van der Waals surface area contributed by atoms with E-state index in [0.717, 1.165) is 24.1 Å². The largest absolute Gasteiger partial charge is 0.271 e.